The van der Waals surface area contributed by atoms with Crippen LogP contribution < -0.4 is 0 Å². The molecule has 0 rings (SSSR count). The molecule has 0 fully saturated rings. The lowest BCUT2D eigenvalue weighted by molar-refractivity contribution is -0.133. The quantitative estimate of drug-likeness (QED) is 0.162. The zero-order valence-electron chi connectivity index (χ0n) is 3.20. The molecule has 38 valence electrons. The molecule has 0 heterocycles. The molecule has 0 aliphatic rings. The molecule has 0 aromatic rings. The first-order valence-corrected chi connectivity index (χ1v) is 1.77. The fourth-order valence-electron chi connectivity index (χ4n) is 0.0428. The Labute approximate surface area is 44.8 Å². The Kier molecular flexibility index (Phi) is 2.11. The summed E-state index contributed by atoms with van der Waals surface area (Å²) in [6.45, 7) is 0. The van der Waals surface area contributed by atoms with E-state index in [-0.39, 0.29) is 0 Å². The standard InChI is InChI=1S/C2H2N2O2S/c3-4-1(7)2(5)6/h7H,(H,5,6). The van der Waals surface area contributed by atoms with Gasteiger partial charge in [-0.2, -0.15) is 4.79 Å². The summed E-state index contributed by atoms with van der Waals surface area (Å²) in [7, 11) is 0. The van der Waals surface area contributed by atoms with Crippen molar-refractivity contribution in [2.24, 2.45) is 0 Å². The zero-order chi connectivity index (χ0) is 5.86. The lowest BCUT2D eigenvalue weighted by atomic mass is 10.8. The first-order chi connectivity index (χ1) is 3.18. The molecule has 0 bridgehead atoms. The van der Waals surface area contributed by atoms with Crippen molar-refractivity contribution in [2.75, 3.05) is 0 Å². The number of nitrogens with zero attached hydrogens (tertiary/aromatic N) is 2. The molecular formula is C2H2N2O2S. The van der Waals surface area contributed by atoms with Crippen molar-refractivity contribution in [3.05, 3.63) is 5.53 Å². The number of thiol groups is 1. The van der Waals surface area contributed by atoms with Crippen LogP contribution in [0.25, 0.3) is 5.53 Å². The van der Waals surface area contributed by atoms with Crippen LogP contribution in [0.15, 0.2) is 0 Å². The van der Waals surface area contributed by atoms with Crippen LogP contribution in [0.4, 0.5) is 0 Å². The molecule has 5 heteroatoms. The molecule has 0 aliphatic carbocycles. The Morgan fingerprint density at radius 3 is 2.29 bits per heavy atom. The maximum atomic E-state index is 9.56. The highest BCUT2D eigenvalue weighted by molar-refractivity contribution is 7.98. The van der Waals surface area contributed by atoms with Gasteiger partial charge in [-0.1, -0.05) is 0 Å². The number of hydrogen-bond acceptors (Lipinski definition) is 1. The van der Waals surface area contributed by atoms with E-state index in [1.165, 1.54) is 0 Å². The molecule has 0 amide bonds. The summed E-state index contributed by atoms with van der Waals surface area (Å²) in [6.07, 6.45) is 0. The Morgan fingerprint density at radius 1 is 1.86 bits per heavy atom. The summed E-state index contributed by atoms with van der Waals surface area (Å²) in [6, 6.07) is 0. The lowest BCUT2D eigenvalue weighted by Crippen LogP contribution is -2.05. The van der Waals surface area contributed by atoms with Crippen molar-refractivity contribution in [3.8, 4) is 0 Å². The van der Waals surface area contributed by atoms with Gasteiger partial charge in [0.2, 0.25) is 0 Å². The molecule has 0 aromatic carbocycles. The highest BCUT2D eigenvalue weighted by atomic mass is 32.1. The molecule has 0 saturated heterocycles. The topological polar surface area (TPSA) is 73.7 Å². The van der Waals surface area contributed by atoms with E-state index in [1.54, 1.807) is 0 Å². The third kappa shape index (κ3) is 1.97. The van der Waals surface area contributed by atoms with Gasteiger partial charge in [-0.25, -0.2) is 4.79 Å². The van der Waals surface area contributed by atoms with Gasteiger partial charge in [0.1, 0.15) is 0 Å². The van der Waals surface area contributed by atoms with E-state index in [1.807, 2.05) is 0 Å². The third-order valence-corrected chi connectivity index (χ3v) is 0.567. The van der Waals surface area contributed by atoms with Crippen molar-refractivity contribution in [2.45, 2.75) is 0 Å². The summed E-state index contributed by atoms with van der Waals surface area (Å²) in [5.41, 5.74) is 7.64. The highest BCUT2D eigenvalue weighted by Crippen LogP contribution is 1.74. The first kappa shape index (κ1) is 6.20. The Bertz CT molecular complexity index is 137. The van der Waals surface area contributed by atoms with Gasteiger partial charge < -0.3 is 10.6 Å². The minimum atomic E-state index is -1.34. The largest absolute Gasteiger partial charge is 0.472 e. The monoisotopic (exact) mass is 118 g/mol. The maximum absolute atomic E-state index is 9.56. The predicted molar refractivity (Wildman–Crippen MR) is 25.2 cm³/mol. The second kappa shape index (κ2) is 2.39. The average molecular weight is 118 g/mol. The molecule has 0 aromatic heterocycles. The summed E-state index contributed by atoms with van der Waals surface area (Å²) in [4.78, 5) is 11.8. The van der Waals surface area contributed by atoms with E-state index in [4.69, 9.17) is 10.6 Å². The van der Waals surface area contributed by atoms with Crippen molar-refractivity contribution in [1.82, 2.24) is 0 Å². The molecule has 0 aliphatic heterocycles. The van der Waals surface area contributed by atoms with Gasteiger partial charge in [-0.15, -0.1) is 0 Å². The molecule has 0 radical (unpaired) electrons. The van der Waals surface area contributed by atoms with Gasteiger partial charge in [0.25, 0.3) is 0 Å². The highest BCUT2D eigenvalue weighted by Gasteiger charge is 2.09. The fraction of sp³-hybridized carbons (Fsp3) is 0. The van der Waals surface area contributed by atoms with Gasteiger partial charge in [0, 0.05) is 0 Å². The molecular weight excluding hydrogens is 116 g/mol. The molecule has 0 atom stereocenters. The normalized spacial score (nSPS) is 7.00. The Hall–Kier alpha value is -0.800. The van der Waals surface area contributed by atoms with Gasteiger partial charge >= 0.3 is 11.0 Å². The van der Waals surface area contributed by atoms with Crippen molar-refractivity contribution in [3.63, 3.8) is 0 Å². The summed E-state index contributed by atoms with van der Waals surface area (Å²) in [5.74, 6) is -1.34. The predicted octanol–water partition coefficient (Wildman–Crippen LogP) is -0.371. The minimum Gasteiger partial charge on any atom is -0.472 e. The maximum Gasteiger partial charge on any atom is 0.430 e. The van der Waals surface area contributed by atoms with Crippen molar-refractivity contribution < 1.29 is 14.7 Å². The SMILES string of the molecule is [N-]=[N+]=C(S)C(=O)O. The van der Waals surface area contributed by atoms with Crippen molar-refractivity contribution >= 4 is 23.6 Å². The van der Waals surface area contributed by atoms with E-state index in [0.29, 0.717) is 0 Å². The zero-order valence-corrected chi connectivity index (χ0v) is 4.09. The molecule has 7 heavy (non-hydrogen) atoms. The number of hydrogen-bond donors (Lipinski definition) is 2. The number of rotatable bonds is 1. The van der Waals surface area contributed by atoms with Gasteiger partial charge in [0.15, 0.2) is 0 Å². The van der Waals surface area contributed by atoms with Crippen LogP contribution >= 0.6 is 12.6 Å². The van der Waals surface area contributed by atoms with Gasteiger partial charge in [-0.05, 0) is 12.6 Å². The fourth-order valence-corrected chi connectivity index (χ4v) is 0.0428. The van der Waals surface area contributed by atoms with Gasteiger partial charge in [-0.3, -0.25) is 0 Å². The molecule has 1 N–H and O–H groups in total. The number of carboxylic acids is 1. The van der Waals surface area contributed by atoms with Crippen LogP contribution in [0.5, 0.6) is 0 Å². The summed E-state index contributed by atoms with van der Waals surface area (Å²) < 4.78 is 0. The van der Waals surface area contributed by atoms with Crippen LogP contribution in [-0.4, -0.2) is 20.9 Å². The average Bonchev–Trinajstić information content (AvgIpc) is 1.65. The lowest BCUT2D eigenvalue weighted by Gasteiger charge is -1.68. The molecule has 4 nitrogen and oxygen atoms in total. The second-order valence-corrected chi connectivity index (χ2v) is 1.15. The molecule has 0 spiro atoms. The molecule has 0 unspecified atom stereocenters. The number of carbonyl (C=O) groups is 1. The number of carboxylic acid groups (broad SMARTS) is 1. The van der Waals surface area contributed by atoms with Crippen LogP contribution in [-0.2, 0) is 4.79 Å². The molecule has 0 saturated carbocycles. The second-order valence-electron chi connectivity index (χ2n) is 0.729. The minimum absolute atomic E-state index is 0.611. The third-order valence-electron chi connectivity index (χ3n) is 0.286. The van der Waals surface area contributed by atoms with E-state index < -0.39 is 11.0 Å². The number of aliphatic carboxylic acids is 1. The van der Waals surface area contributed by atoms with Crippen molar-refractivity contribution in [1.29, 1.82) is 0 Å². The van der Waals surface area contributed by atoms with Crippen LogP contribution in [0.3, 0.4) is 0 Å². The first-order valence-electron chi connectivity index (χ1n) is 1.32. The summed E-state index contributed by atoms with van der Waals surface area (Å²) >= 11 is 3.23. The Morgan fingerprint density at radius 2 is 2.29 bits per heavy atom. The van der Waals surface area contributed by atoms with E-state index in [2.05, 4.69) is 17.4 Å². The van der Waals surface area contributed by atoms with E-state index in [9.17, 15) is 4.79 Å². The van der Waals surface area contributed by atoms with E-state index in [0.717, 1.165) is 0 Å². The van der Waals surface area contributed by atoms with Crippen LogP contribution in [0.1, 0.15) is 0 Å². The Balaban J connectivity index is 4.10. The smallest absolute Gasteiger partial charge is 0.430 e. The van der Waals surface area contributed by atoms with Crippen LogP contribution in [0.2, 0.25) is 0 Å². The van der Waals surface area contributed by atoms with Crippen LogP contribution in [0, 0.1) is 0 Å². The van der Waals surface area contributed by atoms with Gasteiger partial charge in [0.05, 0.1) is 0 Å². The summed E-state index contributed by atoms with van der Waals surface area (Å²) in [5, 5.41) is 7.20. The van der Waals surface area contributed by atoms with E-state index >= 15 is 0 Å².